The van der Waals surface area contributed by atoms with Gasteiger partial charge in [-0.25, -0.2) is 4.98 Å². The van der Waals surface area contributed by atoms with Crippen molar-refractivity contribution in [2.75, 3.05) is 0 Å². The number of hydrogen-bond donors (Lipinski definition) is 1. The average molecular weight is 256 g/mol. The van der Waals surface area contributed by atoms with Crippen LogP contribution in [0.2, 0.25) is 10.0 Å². The Morgan fingerprint density at radius 2 is 2.19 bits per heavy atom. The SMILES string of the molecule is O=CC(c1ncn[nH]1)c1cc(Cl)ccc1Cl. The number of halogens is 2. The van der Waals surface area contributed by atoms with Crippen LogP contribution in [-0.2, 0) is 4.79 Å². The molecule has 0 radical (unpaired) electrons. The van der Waals surface area contributed by atoms with Crippen molar-refractivity contribution in [1.82, 2.24) is 15.2 Å². The molecule has 1 aromatic heterocycles. The molecule has 1 heterocycles. The van der Waals surface area contributed by atoms with Gasteiger partial charge in [-0.2, -0.15) is 5.10 Å². The van der Waals surface area contributed by atoms with Gasteiger partial charge in [0.15, 0.2) is 0 Å². The molecule has 2 rings (SSSR count). The van der Waals surface area contributed by atoms with Crippen LogP contribution in [0.3, 0.4) is 0 Å². The predicted octanol–water partition coefficient (Wildman–Crippen LogP) is 2.44. The largest absolute Gasteiger partial charge is 0.302 e. The van der Waals surface area contributed by atoms with Crippen molar-refractivity contribution >= 4 is 29.5 Å². The van der Waals surface area contributed by atoms with Gasteiger partial charge < -0.3 is 4.79 Å². The molecule has 0 bridgehead atoms. The molecule has 0 amide bonds. The molecular formula is C10H7Cl2N3O. The number of nitrogens with zero attached hydrogens (tertiary/aromatic N) is 2. The van der Waals surface area contributed by atoms with E-state index in [1.165, 1.54) is 6.33 Å². The number of nitrogens with one attached hydrogen (secondary N) is 1. The third-order valence-electron chi connectivity index (χ3n) is 2.16. The highest BCUT2D eigenvalue weighted by molar-refractivity contribution is 6.33. The summed E-state index contributed by atoms with van der Waals surface area (Å²) in [6, 6.07) is 4.95. The smallest absolute Gasteiger partial charge is 0.139 e. The lowest BCUT2D eigenvalue weighted by molar-refractivity contribution is -0.108. The quantitative estimate of drug-likeness (QED) is 0.858. The van der Waals surface area contributed by atoms with Crippen LogP contribution in [0, 0.1) is 0 Å². The van der Waals surface area contributed by atoms with E-state index < -0.39 is 5.92 Å². The highest BCUT2D eigenvalue weighted by Gasteiger charge is 2.19. The van der Waals surface area contributed by atoms with Crippen molar-refractivity contribution in [3.8, 4) is 0 Å². The Bertz CT molecular complexity index is 499. The zero-order valence-electron chi connectivity index (χ0n) is 8.02. The van der Waals surface area contributed by atoms with E-state index in [-0.39, 0.29) is 0 Å². The molecule has 0 spiro atoms. The van der Waals surface area contributed by atoms with Crippen LogP contribution < -0.4 is 0 Å². The number of aromatic amines is 1. The molecule has 2 aromatic rings. The van der Waals surface area contributed by atoms with Crippen molar-refractivity contribution in [3.05, 3.63) is 46.0 Å². The van der Waals surface area contributed by atoms with Gasteiger partial charge in [0.05, 0.1) is 0 Å². The zero-order valence-corrected chi connectivity index (χ0v) is 9.53. The minimum absolute atomic E-state index is 0.444. The summed E-state index contributed by atoms with van der Waals surface area (Å²) in [5.41, 5.74) is 0.612. The van der Waals surface area contributed by atoms with Gasteiger partial charge >= 0.3 is 0 Å². The summed E-state index contributed by atoms with van der Waals surface area (Å²) in [5.74, 6) is -0.132. The molecule has 0 aliphatic heterocycles. The van der Waals surface area contributed by atoms with Crippen molar-refractivity contribution in [1.29, 1.82) is 0 Å². The van der Waals surface area contributed by atoms with Crippen molar-refractivity contribution in [2.24, 2.45) is 0 Å². The van der Waals surface area contributed by atoms with Crippen LogP contribution in [0.15, 0.2) is 24.5 Å². The Kier molecular flexibility index (Phi) is 3.22. The van der Waals surface area contributed by atoms with Crippen LogP contribution in [0.25, 0.3) is 0 Å². The van der Waals surface area contributed by atoms with Gasteiger partial charge in [0, 0.05) is 10.0 Å². The second-order valence-corrected chi connectivity index (χ2v) is 3.99. The molecule has 1 aromatic carbocycles. The number of aldehydes is 1. The monoisotopic (exact) mass is 255 g/mol. The van der Waals surface area contributed by atoms with Crippen LogP contribution in [0.4, 0.5) is 0 Å². The second-order valence-electron chi connectivity index (χ2n) is 3.15. The molecule has 16 heavy (non-hydrogen) atoms. The predicted molar refractivity (Wildman–Crippen MR) is 60.8 cm³/mol. The molecule has 1 N–H and O–H groups in total. The number of H-pyrrole nitrogens is 1. The Balaban J connectivity index is 2.48. The van der Waals surface area contributed by atoms with E-state index >= 15 is 0 Å². The van der Waals surface area contributed by atoms with Crippen LogP contribution in [0.5, 0.6) is 0 Å². The molecule has 0 fully saturated rings. The Hall–Kier alpha value is -1.39. The van der Waals surface area contributed by atoms with Gasteiger partial charge in [-0.3, -0.25) is 5.10 Å². The lowest BCUT2D eigenvalue weighted by atomic mass is 10.00. The van der Waals surface area contributed by atoms with Crippen molar-refractivity contribution < 1.29 is 4.79 Å². The van der Waals surface area contributed by atoms with Crippen molar-refractivity contribution in [3.63, 3.8) is 0 Å². The van der Waals surface area contributed by atoms with Gasteiger partial charge in [0.25, 0.3) is 0 Å². The maximum Gasteiger partial charge on any atom is 0.139 e. The first-order chi connectivity index (χ1) is 7.72. The summed E-state index contributed by atoms with van der Waals surface area (Å²) in [7, 11) is 0. The number of carbonyl (C=O) groups is 1. The molecular weight excluding hydrogens is 249 g/mol. The van der Waals surface area contributed by atoms with Crippen LogP contribution in [0.1, 0.15) is 17.3 Å². The lowest BCUT2D eigenvalue weighted by Gasteiger charge is -2.09. The topological polar surface area (TPSA) is 58.6 Å². The van der Waals surface area contributed by atoms with E-state index in [0.29, 0.717) is 21.4 Å². The van der Waals surface area contributed by atoms with Gasteiger partial charge in [0.2, 0.25) is 0 Å². The third-order valence-corrected chi connectivity index (χ3v) is 2.74. The van der Waals surface area contributed by atoms with Crippen molar-refractivity contribution in [2.45, 2.75) is 5.92 Å². The zero-order chi connectivity index (χ0) is 11.5. The molecule has 0 aliphatic carbocycles. The van der Waals surface area contributed by atoms with Gasteiger partial charge in [-0.15, -0.1) is 0 Å². The van der Waals surface area contributed by atoms with Gasteiger partial charge in [-0.05, 0) is 23.8 Å². The van der Waals surface area contributed by atoms with Gasteiger partial charge in [0.1, 0.15) is 24.4 Å². The number of carbonyl (C=O) groups excluding carboxylic acids is 1. The average Bonchev–Trinajstić information content (AvgIpc) is 2.78. The molecule has 1 unspecified atom stereocenters. The van der Waals surface area contributed by atoms with E-state index in [1.54, 1.807) is 18.2 Å². The molecule has 0 saturated carbocycles. The molecule has 0 aliphatic rings. The fourth-order valence-corrected chi connectivity index (χ4v) is 1.82. The normalized spacial score (nSPS) is 12.4. The van der Waals surface area contributed by atoms with E-state index in [0.717, 1.165) is 6.29 Å². The number of benzene rings is 1. The highest BCUT2D eigenvalue weighted by Crippen LogP contribution is 2.29. The fourth-order valence-electron chi connectivity index (χ4n) is 1.40. The third kappa shape index (κ3) is 2.08. The standard InChI is InChI=1S/C10H7Cl2N3O/c11-6-1-2-9(12)7(3-6)8(4-16)10-13-5-14-15-10/h1-5,8H,(H,13,14,15). The summed E-state index contributed by atoms with van der Waals surface area (Å²) < 4.78 is 0. The Morgan fingerprint density at radius 1 is 1.38 bits per heavy atom. The summed E-state index contributed by atoms with van der Waals surface area (Å²) in [6.07, 6.45) is 2.09. The molecule has 0 saturated heterocycles. The first-order valence-corrected chi connectivity index (χ1v) is 5.23. The van der Waals surface area contributed by atoms with Crippen LogP contribution in [-0.4, -0.2) is 21.5 Å². The van der Waals surface area contributed by atoms with E-state index in [1.807, 2.05) is 0 Å². The summed E-state index contributed by atoms with van der Waals surface area (Å²) in [4.78, 5) is 15.0. The number of aromatic nitrogens is 3. The van der Waals surface area contributed by atoms with E-state index in [4.69, 9.17) is 23.2 Å². The molecule has 6 heteroatoms. The lowest BCUT2D eigenvalue weighted by Crippen LogP contribution is -2.05. The second kappa shape index (κ2) is 4.63. The Morgan fingerprint density at radius 3 is 2.81 bits per heavy atom. The molecule has 1 atom stereocenters. The molecule has 4 nitrogen and oxygen atoms in total. The summed E-state index contributed by atoms with van der Waals surface area (Å²) in [6.45, 7) is 0. The summed E-state index contributed by atoms with van der Waals surface area (Å²) >= 11 is 11.9. The highest BCUT2D eigenvalue weighted by atomic mass is 35.5. The minimum Gasteiger partial charge on any atom is -0.302 e. The van der Waals surface area contributed by atoms with E-state index in [9.17, 15) is 4.79 Å². The fraction of sp³-hybridized carbons (Fsp3) is 0.100. The van der Waals surface area contributed by atoms with E-state index in [2.05, 4.69) is 15.2 Å². The number of rotatable bonds is 3. The first-order valence-electron chi connectivity index (χ1n) is 4.48. The summed E-state index contributed by atoms with van der Waals surface area (Å²) in [5, 5.41) is 7.33. The molecule has 82 valence electrons. The maximum atomic E-state index is 11.1. The van der Waals surface area contributed by atoms with Gasteiger partial charge in [-0.1, -0.05) is 23.2 Å². The van der Waals surface area contributed by atoms with Crippen LogP contribution >= 0.6 is 23.2 Å². The minimum atomic E-state index is -0.575. The maximum absolute atomic E-state index is 11.1. The first kappa shape index (κ1) is 11.1. The number of hydrogen-bond acceptors (Lipinski definition) is 3. The Labute approximate surface area is 102 Å².